The second kappa shape index (κ2) is 6.09. The van der Waals surface area contributed by atoms with Gasteiger partial charge in [-0.25, -0.2) is 4.79 Å². The molecule has 0 saturated heterocycles. The van der Waals surface area contributed by atoms with Crippen LogP contribution in [-0.4, -0.2) is 35.2 Å². The molecular weight excluding hydrogens is 212 g/mol. The Balaban J connectivity index is 3.99. The molecule has 0 fully saturated rings. The molecule has 0 aliphatic heterocycles. The zero-order valence-electron chi connectivity index (χ0n) is 10.0. The number of carboxylic acid groups (broad SMARTS) is 1. The lowest BCUT2D eigenvalue weighted by Gasteiger charge is -2.19. The van der Waals surface area contributed by atoms with Crippen molar-refractivity contribution in [3.05, 3.63) is 0 Å². The van der Waals surface area contributed by atoms with Crippen LogP contribution in [0.2, 0.25) is 0 Å². The summed E-state index contributed by atoms with van der Waals surface area (Å²) >= 11 is 0. The first kappa shape index (κ1) is 14.4. The minimum absolute atomic E-state index is 0.0622. The first-order chi connectivity index (χ1) is 7.20. The fourth-order valence-electron chi connectivity index (χ4n) is 0.810. The third-order valence-electron chi connectivity index (χ3n) is 1.36. The number of nitrogens with zero attached hydrogens (tertiary/aromatic N) is 1. The number of amidine groups is 1. The molecule has 1 amide bonds. The highest BCUT2D eigenvalue weighted by molar-refractivity contribution is 5.93. The normalized spacial score (nSPS) is 12.1. The topological polar surface area (TPSA) is 88.0 Å². The van der Waals surface area contributed by atoms with Crippen LogP contribution in [0.15, 0.2) is 4.99 Å². The van der Waals surface area contributed by atoms with Gasteiger partial charge >= 0.3 is 12.1 Å². The van der Waals surface area contributed by atoms with Gasteiger partial charge in [0.15, 0.2) is 0 Å². The van der Waals surface area contributed by atoms with Crippen LogP contribution in [-0.2, 0) is 9.53 Å². The summed E-state index contributed by atoms with van der Waals surface area (Å²) in [6.07, 6.45) is -0.656. The average Bonchev–Trinajstić information content (AvgIpc) is 1.98. The quantitative estimate of drug-likeness (QED) is 0.566. The van der Waals surface area contributed by atoms with Crippen molar-refractivity contribution in [3.8, 4) is 0 Å². The highest BCUT2D eigenvalue weighted by Crippen LogP contribution is 2.06. The molecular formula is C10H18N2O4. The van der Waals surface area contributed by atoms with Crippen molar-refractivity contribution in [3.63, 3.8) is 0 Å². The molecule has 0 aromatic carbocycles. The van der Waals surface area contributed by atoms with Crippen LogP contribution in [0.4, 0.5) is 4.79 Å². The number of aliphatic carboxylic acids is 1. The summed E-state index contributed by atoms with van der Waals surface area (Å²) in [6, 6.07) is 0. The SMILES string of the molecule is CC(=NCCC(=O)O)NC(=O)OC(C)(C)C. The highest BCUT2D eigenvalue weighted by Gasteiger charge is 2.16. The number of alkyl carbamates (subject to hydrolysis) is 1. The zero-order chi connectivity index (χ0) is 12.8. The second-order valence-electron chi connectivity index (χ2n) is 4.24. The summed E-state index contributed by atoms with van der Waals surface area (Å²) < 4.78 is 4.99. The number of carbonyl (C=O) groups excluding carboxylic acids is 1. The molecule has 0 spiro atoms. The maximum Gasteiger partial charge on any atom is 0.413 e. The Labute approximate surface area is 94.7 Å². The van der Waals surface area contributed by atoms with E-state index < -0.39 is 17.7 Å². The van der Waals surface area contributed by atoms with Gasteiger partial charge in [-0.3, -0.25) is 15.1 Å². The van der Waals surface area contributed by atoms with Crippen LogP contribution in [0.25, 0.3) is 0 Å². The van der Waals surface area contributed by atoms with Gasteiger partial charge in [-0.15, -0.1) is 0 Å². The molecule has 0 bridgehead atoms. The lowest BCUT2D eigenvalue weighted by atomic mass is 10.2. The fraction of sp³-hybridized carbons (Fsp3) is 0.700. The lowest BCUT2D eigenvalue weighted by Crippen LogP contribution is -2.35. The van der Waals surface area contributed by atoms with E-state index >= 15 is 0 Å². The summed E-state index contributed by atoms with van der Waals surface area (Å²) in [7, 11) is 0. The molecule has 2 N–H and O–H groups in total. The smallest absolute Gasteiger partial charge is 0.413 e. The molecule has 6 nitrogen and oxygen atoms in total. The summed E-state index contributed by atoms with van der Waals surface area (Å²) in [5.41, 5.74) is -0.564. The molecule has 0 aliphatic rings. The van der Waals surface area contributed by atoms with Gasteiger partial charge < -0.3 is 9.84 Å². The van der Waals surface area contributed by atoms with E-state index in [4.69, 9.17) is 9.84 Å². The monoisotopic (exact) mass is 230 g/mol. The second-order valence-corrected chi connectivity index (χ2v) is 4.24. The summed E-state index contributed by atoms with van der Waals surface area (Å²) in [6.45, 7) is 6.97. The van der Waals surface area contributed by atoms with Crippen molar-refractivity contribution >= 4 is 17.9 Å². The number of carbonyl (C=O) groups is 2. The Kier molecular flexibility index (Phi) is 5.49. The molecule has 0 unspecified atom stereocenters. The number of hydrogen-bond donors (Lipinski definition) is 2. The van der Waals surface area contributed by atoms with Crippen LogP contribution < -0.4 is 5.32 Å². The Morgan fingerprint density at radius 1 is 1.38 bits per heavy atom. The van der Waals surface area contributed by atoms with E-state index in [1.165, 1.54) is 0 Å². The van der Waals surface area contributed by atoms with E-state index in [0.717, 1.165) is 0 Å². The van der Waals surface area contributed by atoms with Crippen molar-refractivity contribution in [2.45, 2.75) is 39.7 Å². The molecule has 6 heteroatoms. The van der Waals surface area contributed by atoms with Gasteiger partial charge in [0.25, 0.3) is 0 Å². The maximum atomic E-state index is 11.2. The third kappa shape index (κ3) is 8.98. The van der Waals surface area contributed by atoms with Crippen LogP contribution in [0.1, 0.15) is 34.1 Å². The summed E-state index contributed by atoms with van der Waals surface area (Å²) in [4.78, 5) is 25.3. The minimum Gasteiger partial charge on any atom is -0.481 e. The third-order valence-corrected chi connectivity index (χ3v) is 1.36. The van der Waals surface area contributed by atoms with Crippen molar-refractivity contribution < 1.29 is 19.4 Å². The number of aliphatic imine (C=N–C) groups is 1. The molecule has 0 heterocycles. The van der Waals surface area contributed by atoms with Crippen molar-refractivity contribution in [2.75, 3.05) is 6.54 Å². The van der Waals surface area contributed by atoms with E-state index in [2.05, 4.69) is 10.3 Å². The predicted octanol–water partition coefficient (Wildman–Crippen LogP) is 1.40. The number of carboxylic acids is 1. The van der Waals surface area contributed by atoms with E-state index in [9.17, 15) is 9.59 Å². The molecule has 0 aromatic rings. The Hall–Kier alpha value is -1.59. The van der Waals surface area contributed by atoms with Crippen LogP contribution in [0.3, 0.4) is 0 Å². The van der Waals surface area contributed by atoms with Crippen LogP contribution >= 0.6 is 0 Å². The number of rotatable bonds is 3. The van der Waals surface area contributed by atoms with Crippen molar-refractivity contribution in [2.24, 2.45) is 4.99 Å². The van der Waals surface area contributed by atoms with Crippen LogP contribution in [0, 0.1) is 0 Å². The fourth-order valence-corrected chi connectivity index (χ4v) is 0.810. The first-order valence-corrected chi connectivity index (χ1v) is 4.93. The number of nitrogens with one attached hydrogen (secondary N) is 1. The largest absolute Gasteiger partial charge is 0.481 e. The van der Waals surface area contributed by atoms with E-state index in [0.29, 0.717) is 5.84 Å². The highest BCUT2D eigenvalue weighted by atomic mass is 16.6. The van der Waals surface area contributed by atoms with Gasteiger partial charge in [0.1, 0.15) is 11.4 Å². The van der Waals surface area contributed by atoms with Crippen molar-refractivity contribution in [1.82, 2.24) is 5.32 Å². The predicted molar refractivity (Wildman–Crippen MR) is 59.6 cm³/mol. The van der Waals surface area contributed by atoms with Gasteiger partial charge in [0, 0.05) is 0 Å². The molecule has 0 aliphatic carbocycles. The van der Waals surface area contributed by atoms with Gasteiger partial charge in [-0.1, -0.05) is 0 Å². The standard InChI is InChI=1S/C10H18N2O4/c1-7(11-6-5-8(13)14)12-9(15)16-10(2,3)4/h5-6H2,1-4H3,(H,13,14)(H,11,12,15). The zero-order valence-corrected chi connectivity index (χ0v) is 10.0. The van der Waals surface area contributed by atoms with Gasteiger partial charge in [-0.2, -0.15) is 0 Å². The molecule has 16 heavy (non-hydrogen) atoms. The van der Waals surface area contributed by atoms with Gasteiger partial charge in [-0.05, 0) is 27.7 Å². The first-order valence-electron chi connectivity index (χ1n) is 4.93. The molecule has 0 radical (unpaired) electrons. The van der Waals surface area contributed by atoms with Gasteiger partial charge in [0.2, 0.25) is 0 Å². The van der Waals surface area contributed by atoms with Crippen LogP contribution in [0.5, 0.6) is 0 Å². The van der Waals surface area contributed by atoms with E-state index in [-0.39, 0.29) is 13.0 Å². The minimum atomic E-state index is -0.922. The molecule has 92 valence electrons. The Morgan fingerprint density at radius 2 is 1.94 bits per heavy atom. The Bertz CT molecular complexity index is 292. The molecule has 0 saturated carbocycles. The molecule has 0 rings (SSSR count). The van der Waals surface area contributed by atoms with E-state index in [1.54, 1.807) is 27.7 Å². The summed E-state index contributed by atoms with van der Waals surface area (Å²) in [5, 5.41) is 10.8. The van der Waals surface area contributed by atoms with E-state index in [1.807, 2.05) is 0 Å². The number of hydrogen-bond acceptors (Lipinski definition) is 4. The maximum absolute atomic E-state index is 11.2. The number of amides is 1. The number of ether oxygens (including phenoxy) is 1. The molecule has 0 aromatic heterocycles. The lowest BCUT2D eigenvalue weighted by molar-refractivity contribution is -0.136. The van der Waals surface area contributed by atoms with Gasteiger partial charge in [0.05, 0.1) is 13.0 Å². The summed E-state index contributed by atoms with van der Waals surface area (Å²) in [5.74, 6) is -0.579. The molecule has 0 atom stereocenters. The van der Waals surface area contributed by atoms with Crippen molar-refractivity contribution in [1.29, 1.82) is 0 Å². The Morgan fingerprint density at radius 3 is 2.38 bits per heavy atom. The average molecular weight is 230 g/mol.